The summed E-state index contributed by atoms with van der Waals surface area (Å²) in [5.41, 5.74) is 10.1. The highest BCUT2D eigenvalue weighted by Crippen LogP contribution is 2.61. The number of aliphatic hydroxyl groups excluding tert-OH is 2. The van der Waals surface area contributed by atoms with Crippen LogP contribution in [0.25, 0.3) is 11.2 Å². The van der Waals surface area contributed by atoms with E-state index in [9.17, 15) is 57.9 Å². The second kappa shape index (κ2) is 21.8. The molecule has 2 aromatic rings. The van der Waals surface area contributed by atoms with E-state index in [0.29, 0.717) is 6.42 Å². The van der Waals surface area contributed by atoms with Gasteiger partial charge in [0.05, 0.1) is 25.6 Å². The number of imidazole rings is 1. The number of rotatable bonds is 25. The number of amides is 2. The third-order valence-corrected chi connectivity index (χ3v) is 12.3. The van der Waals surface area contributed by atoms with Crippen molar-refractivity contribution in [2.45, 2.75) is 76.2 Å². The smallest absolute Gasteiger partial charge is 0.386 e. The number of fused-ring (bicyclic) bond motifs is 1. The molecule has 1 aliphatic heterocycles. The number of nitrogen functional groups attached to an aromatic ring is 1. The molecule has 2 aromatic heterocycles. The first-order valence-electron chi connectivity index (χ1n) is 17.4. The summed E-state index contributed by atoms with van der Waals surface area (Å²) in [6.07, 6.45) is -4.71. The summed E-state index contributed by atoms with van der Waals surface area (Å²) in [5, 5.41) is 29.2. The molecule has 13 N–H and O–H groups in total. The van der Waals surface area contributed by atoms with E-state index in [0.717, 1.165) is 48.4 Å². The van der Waals surface area contributed by atoms with Gasteiger partial charge in [0.2, 0.25) is 16.9 Å². The van der Waals surface area contributed by atoms with Crippen molar-refractivity contribution in [3.05, 3.63) is 12.7 Å². The molecule has 8 unspecified atom stereocenters. The Bertz CT molecular complexity index is 1860. The molecule has 58 heavy (non-hydrogen) atoms. The average Bonchev–Trinajstić information content (AvgIpc) is 3.69. The number of thioether (sulfide) groups is 1. The molecule has 1 fully saturated rings. The molecule has 3 rings (SSSR count). The monoisotopic (exact) mass is 909 g/mol. The van der Waals surface area contributed by atoms with Crippen molar-refractivity contribution in [1.82, 2.24) is 35.5 Å². The number of carbonyl (C=O) groups excluding carboxylic acids is 3. The molecular formula is C28H50N9O17P3S. The highest BCUT2D eigenvalue weighted by Gasteiger charge is 2.50. The SMILES string of the molecule is CNCCCCC(N)C(=O)SCCNC(=O)CCNC(=O)C(O)C(C)(C)COP(=O)(O)OP(=O)(O)OCC1OC(n2cnc3c(N)ncnc32)C(O)C1OP(=O)(O)O. The van der Waals surface area contributed by atoms with Crippen LogP contribution in [0.1, 0.15) is 45.8 Å². The zero-order valence-corrected chi connectivity index (χ0v) is 35.1. The Labute approximate surface area is 335 Å². The number of hydrogen-bond donors (Lipinski definition) is 11. The minimum absolute atomic E-state index is 0.0282. The van der Waals surface area contributed by atoms with Gasteiger partial charge in [-0.15, -0.1) is 0 Å². The lowest BCUT2D eigenvalue weighted by Gasteiger charge is -2.30. The zero-order valence-electron chi connectivity index (χ0n) is 31.6. The molecule has 30 heteroatoms. The normalized spacial score (nSPS) is 21.9. The molecule has 0 aromatic carbocycles. The molecule has 0 spiro atoms. The number of phosphoric acid groups is 3. The van der Waals surface area contributed by atoms with E-state index >= 15 is 0 Å². The first-order chi connectivity index (χ1) is 27.0. The summed E-state index contributed by atoms with van der Waals surface area (Å²) in [4.78, 5) is 87.8. The molecule has 26 nitrogen and oxygen atoms in total. The topological polar surface area (TPSA) is 402 Å². The molecule has 1 saturated heterocycles. The Morgan fingerprint density at radius 2 is 1.72 bits per heavy atom. The number of nitrogens with one attached hydrogen (secondary N) is 3. The van der Waals surface area contributed by atoms with Gasteiger partial charge in [0, 0.05) is 30.7 Å². The van der Waals surface area contributed by atoms with Crippen molar-refractivity contribution in [3.8, 4) is 0 Å². The Morgan fingerprint density at radius 3 is 2.40 bits per heavy atom. The van der Waals surface area contributed by atoms with E-state index in [2.05, 4.69) is 39.7 Å². The van der Waals surface area contributed by atoms with E-state index < -0.39 is 90.6 Å². The predicted octanol–water partition coefficient (Wildman–Crippen LogP) is -1.62. The number of ether oxygens (including phenoxy) is 1. The van der Waals surface area contributed by atoms with Gasteiger partial charge in [-0.3, -0.25) is 32.5 Å². The maximum Gasteiger partial charge on any atom is 0.481 e. The molecule has 0 radical (unpaired) electrons. The number of hydrogen-bond acceptors (Lipinski definition) is 20. The summed E-state index contributed by atoms with van der Waals surface area (Å²) in [6.45, 7) is 1.25. The summed E-state index contributed by atoms with van der Waals surface area (Å²) in [6, 6.07) is -0.602. The Hall–Kier alpha value is -2.52. The number of carbonyl (C=O) groups is 3. The lowest BCUT2D eigenvalue weighted by Crippen LogP contribution is -2.46. The molecule has 8 atom stereocenters. The second-order valence-electron chi connectivity index (χ2n) is 13.4. The van der Waals surface area contributed by atoms with Gasteiger partial charge >= 0.3 is 23.5 Å². The van der Waals surface area contributed by atoms with Crippen LogP contribution in [0.2, 0.25) is 0 Å². The van der Waals surface area contributed by atoms with Crippen LogP contribution in [0.4, 0.5) is 5.82 Å². The molecule has 1 aliphatic rings. The molecule has 3 heterocycles. The summed E-state index contributed by atoms with van der Waals surface area (Å²) in [5.74, 6) is -1.20. The van der Waals surface area contributed by atoms with Crippen molar-refractivity contribution in [3.63, 3.8) is 0 Å². The van der Waals surface area contributed by atoms with E-state index in [1.165, 1.54) is 13.8 Å². The lowest BCUT2D eigenvalue weighted by molar-refractivity contribution is -0.137. The summed E-state index contributed by atoms with van der Waals surface area (Å²) in [7, 11) is -14.6. The van der Waals surface area contributed by atoms with Crippen molar-refractivity contribution < 1.29 is 80.5 Å². The molecular weight excluding hydrogens is 859 g/mol. The molecule has 0 aliphatic carbocycles. The van der Waals surface area contributed by atoms with E-state index in [1.54, 1.807) is 0 Å². The van der Waals surface area contributed by atoms with Gasteiger partial charge in [-0.05, 0) is 26.4 Å². The van der Waals surface area contributed by atoms with Crippen LogP contribution in [0.5, 0.6) is 0 Å². The number of anilines is 1. The Morgan fingerprint density at radius 1 is 1.03 bits per heavy atom. The molecule has 0 saturated carbocycles. The van der Waals surface area contributed by atoms with Crippen LogP contribution in [0.3, 0.4) is 0 Å². The maximum atomic E-state index is 12.7. The molecule has 2 amide bonds. The van der Waals surface area contributed by atoms with E-state index in [-0.39, 0.29) is 47.4 Å². The van der Waals surface area contributed by atoms with Gasteiger partial charge < -0.3 is 61.9 Å². The van der Waals surface area contributed by atoms with Gasteiger partial charge in [-0.1, -0.05) is 32.0 Å². The van der Waals surface area contributed by atoms with E-state index in [4.69, 9.17) is 25.3 Å². The summed E-state index contributed by atoms with van der Waals surface area (Å²) >= 11 is 1.00. The quantitative estimate of drug-likeness (QED) is 0.0394. The minimum atomic E-state index is -5.58. The highest BCUT2D eigenvalue weighted by molar-refractivity contribution is 8.13. The van der Waals surface area contributed by atoms with Crippen LogP contribution in [-0.2, 0) is 50.7 Å². The van der Waals surface area contributed by atoms with Crippen molar-refractivity contribution in [2.75, 3.05) is 51.4 Å². The van der Waals surface area contributed by atoms with Crippen LogP contribution in [0.15, 0.2) is 12.7 Å². The number of nitrogens with two attached hydrogens (primary N) is 2. The Balaban J connectivity index is 1.45. The fourth-order valence-electron chi connectivity index (χ4n) is 5.17. The second-order valence-corrected chi connectivity index (χ2v) is 18.8. The zero-order chi connectivity index (χ0) is 43.5. The number of phosphoric ester groups is 3. The van der Waals surface area contributed by atoms with Crippen molar-refractivity contribution in [1.29, 1.82) is 0 Å². The maximum absolute atomic E-state index is 12.7. The van der Waals surface area contributed by atoms with Gasteiger partial charge in [-0.2, -0.15) is 4.31 Å². The first kappa shape index (κ1) is 49.8. The summed E-state index contributed by atoms with van der Waals surface area (Å²) < 4.78 is 62.1. The number of aliphatic hydroxyl groups is 2. The van der Waals surface area contributed by atoms with Crippen molar-refractivity contribution in [2.24, 2.45) is 11.1 Å². The minimum Gasteiger partial charge on any atom is -0.386 e. The van der Waals surface area contributed by atoms with Gasteiger partial charge in [-0.25, -0.2) is 28.6 Å². The first-order valence-corrected chi connectivity index (χ1v) is 22.9. The largest absolute Gasteiger partial charge is 0.481 e. The van der Waals surface area contributed by atoms with Crippen LogP contribution in [-0.4, -0.2) is 142 Å². The number of aromatic nitrogens is 4. The van der Waals surface area contributed by atoms with Crippen molar-refractivity contribution >= 4 is 69.1 Å². The predicted molar refractivity (Wildman–Crippen MR) is 203 cm³/mol. The standard InChI is InChI=1S/C28H50N9O17P3S/c1-28(2,22(40)25(41)33-9-7-18(38)32-10-11-58-27(42)16(29)6-4-5-8-31-3)13-51-57(48,49)54-56(46,47)50-12-17-21(53-55(43,44)45)20(39)26(52-17)37-15-36-19-23(30)34-14-35-24(19)37/h14-17,20-22,26,31,39-40H,4-13,29H2,1-3H3,(H,32,38)(H,33,41)(H,46,47)(H,48,49)(H2,30,34,35)(H2,43,44,45). The fraction of sp³-hybridized carbons (Fsp3) is 0.714. The Kier molecular flexibility index (Phi) is 18.8. The van der Waals surface area contributed by atoms with Gasteiger partial charge in [0.1, 0.15) is 36.3 Å². The van der Waals surface area contributed by atoms with Gasteiger partial charge in [0.15, 0.2) is 17.7 Å². The van der Waals surface area contributed by atoms with Gasteiger partial charge in [0.25, 0.3) is 0 Å². The lowest BCUT2D eigenvalue weighted by atomic mass is 9.87. The third-order valence-electron chi connectivity index (χ3n) is 8.24. The third kappa shape index (κ3) is 15.5. The molecule has 330 valence electrons. The average molecular weight is 910 g/mol. The molecule has 0 bridgehead atoms. The van der Waals surface area contributed by atoms with Crippen LogP contribution < -0.4 is 27.4 Å². The number of nitrogens with zero attached hydrogens (tertiary/aromatic N) is 4. The number of unbranched alkanes of at least 4 members (excludes halogenated alkanes) is 1. The van der Waals surface area contributed by atoms with Crippen LogP contribution in [0, 0.1) is 5.41 Å². The highest BCUT2D eigenvalue weighted by atomic mass is 32.2. The fourth-order valence-corrected chi connectivity index (χ4v) is 8.74. The van der Waals surface area contributed by atoms with E-state index in [1.807, 2.05) is 7.05 Å². The van der Waals surface area contributed by atoms with Crippen LogP contribution >= 0.6 is 35.2 Å².